The lowest BCUT2D eigenvalue weighted by atomic mass is 10.0. The Morgan fingerprint density at radius 3 is 1.37 bits per heavy atom. The maximum Gasteiger partial charge on any atom is 0.262 e. The Morgan fingerprint density at radius 1 is 0.579 bits per heavy atom. The third kappa shape index (κ3) is 7.33. The molecule has 4 aromatic carbocycles. The summed E-state index contributed by atoms with van der Waals surface area (Å²) in [5.41, 5.74) is 2.47. The van der Waals surface area contributed by atoms with Gasteiger partial charge in [0.2, 0.25) is 0 Å². The molecule has 0 aliphatic carbocycles. The van der Waals surface area contributed by atoms with Gasteiger partial charge in [-0.3, -0.25) is 9.59 Å². The molecule has 0 radical (unpaired) electrons. The summed E-state index contributed by atoms with van der Waals surface area (Å²) >= 11 is 24.0. The molecule has 0 aliphatic rings. The fourth-order valence-electron chi connectivity index (χ4n) is 3.50. The summed E-state index contributed by atoms with van der Waals surface area (Å²) in [6.07, 6.45) is 0. The number of benzene rings is 4. The van der Waals surface area contributed by atoms with Gasteiger partial charge in [-0.05, 0) is 48.5 Å². The van der Waals surface area contributed by atoms with Crippen molar-refractivity contribution in [1.82, 2.24) is 0 Å². The van der Waals surface area contributed by atoms with E-state index in [4.69, 9.17) is 55.9 Å². The lowest BCUT2D eigenvalue weighted by Crippen LogP contribution is -2.21. The van der Waals surface area contributed by atoms with Crippen molar-refractivity contribution >= 4 is 69.6 Å². The van der Waals surface area contributed by atoms with Crippen LogP contribution in [0.2, 0.25) is 20.1 Å². The monoisotopic (exact) mass is 588 g/mol. The van der Waals surface area contributed by atoms with E-state index >= 15 is 0 Å². The Labute approximate surface area is 239 Å². The molecule has 0 bridgehead atoms. The first-order valence-corrected chi connectivity index (χ1v) is 12.7. The summed E-state index contributed by atoms with van der Waals surface area (Å²) in [6, 6.07) is 23.9. The minimum atomic E-state index is -0.391. The lowest BCUT2D eigenvalue weighted by molar-refractivity contribution is -0.118. The van der Waals surface area contributed by atoms with E-state index < -0.39 is 11.8 Å². The second-order valence-corrected chi connectivity index (χ2v) is 9.60. The second kappa shape index (κ2) is 12.9. The van der Waals surface area contributed by atoms with E-state index in [0.717, 1.165) is 0 Å². The summed E-state index contributed by atoms with van der Waals surface area (Å²) in [7, 11) is 0. The van der Waals surface area contributed by atoms with E-state index in [9.17, 15) is 9.59 Å². The van der Waals surface area contributed by atoms with Crippen molar-refractivity contribution in [1.29, 1.82) is 0 Å². The highest BCUT2D eigenvalue weighted by atomic mass is 35.5. The van der Waals surface area contributed by atoms with Gasteiger partial charge in [-0.25, -0.2) is 0 Å². The molecule has 0 atom stereocenters. The van der Waals surface area contributed by atoms with E-state index in [1.165, 1.54) is 12.1 Å². The molecule has 0 spiro atoms. The predicted molar refractivity (Wildman–Crippen MR) is 153 cm³/mol. The number of carbonyl (C=O) groups is 2. The molecule has 10 heteroatoms. The highest BCUT2D eigenvalue weighted by molar-refractivity contribution is 6.36. The Balaban J connectivity index is 1.45. The van der Waals surface area contributed by atoms with Crippen molar-refractivity contribution in [3.8, 4) is 22.6 Å². The van der Waals surface area contributed by atoms with Crippen LogP contribution in [0.5, 0.6) is 11.5 Å². The standard InChI is InChI=1S/C28H20Cl4N2O4/c29-17-9-11-25(21(31)13-17)37-15-27(35)33-23-7-3-1-5-19(23)20-6-2-4-8-24(20)34-28(36)16-38-26-12-10-18(30)14-22(26)32/h1-14H,15-16H2,(H,33,35)(H,34,36). The molecule has 0 aliphatic heterocycles. The van der Waals surface area contributed by atoms with Gasteiger partial charge < -0.3 is 20.1 Å². The minimum absolute atomic E-state index is 0.265. The number of carbonyl (C=O) groups excluding carboxylic acids is 2. The first-order valence-electron chi connectivity index (χ1n) is 11.2. The van der Waals surface area contributed by atoms with Gasteiger partial charge in [0.1, 0.15) is 11.5 Å². The van der Waals surface area contributed by atoms with Crippen LogP contribution in [-0.4, -0.2) is 25.0 Å². The molecule has 0 heterocycles. The third-order valence-corrected chi connectivity index (χ3v) is 6.26. The van der Waals surface area contributed by atoms with Crippen molar-refractivity contribution in [2.75, 3.05) is 23.8 Å². The van der Waals surface area contributed by atoms with Gasteiger partial charge in [0, 0.05) is 32.5 Å². The van der Waals surface area contributed by atoms with Gasteiger partial charge in [0.15, 0.2) is 13.2 Å². The summed E-state index contributed by atoms with van der Waals surface area (Å²) < 4.78 is 11.1. The second-order valence-electron chi connectivity index (χ2n) is 7.91. The quantitative estimate of drug-likeness (QED) is 0.207. The molecule has 38 heavy (non-hydrogen) atoms. The van der Waals surface area contributed by atoms with Crippen LogP contribution in [0, 0.1) is 0 Å². The predicted octanol–water partition coefficient (Wildman–Crippen LogP) is 8.00. The maximum atomic E-state index is 12.7. The van der Waals surface area contributed by atoms with Crippen molar-refractivity contribution < 1.29 is 19.1 Å². The molecular weight excluding hydrogens is 570 g/mol. The molecule has 194 valence electrons. The zero-order chi connectivity index (χ0) is 27.1. The topological polar surface area (TPSA) is 76.7 Å². The number of halogens is 4. The Bertz CT molecular complexity index is 1370. The highest BCUT2D eigenvalue weighted by Crippen LogP contribution is 2.34. The average molecular weight is 590 g/mol. The zero-order valence-electron chi connectivity index (χ0n) is 19.6. The van der Waals surface area contributed by atoms with Gasteiger partial charge >= 0.3 is 0 Å². The molecular formula is C28H20Cl4N2O4. The van der Waals surface area contributed by atoms with Crippen LogP contribution in [0.25, 0.3) is 11.1 Å². The number of anilines is 2. The number of rotatable bonds is 9. The van der Waals surface area contributed by atoms with Gasteiger partial charge in [0.25, 0.3) is 11.8 Å². The summed E-state index contributed by atoms with van der Waals surface area (Å²) in [5, 5.41) is 7.24. The van der Waals surface area contributed by atoms with Crippen LogP contribution in [0.4, 0.5) is 11.4 Å². The van der Waals surface area contributed by atoms with Crippen LogP contribution in [0.15, 0.2) is 84.9 Å². The molecule has 2 amide bonds. The molecule has 0 aromatic heterocycles. The van der Waals surface area contributed by atoms with E-state index in [-0.39, 0.29) is 13.2 Å². The van der Waals surface area contributed by atoms with Gasteiger partial charge in [-0.2, -0.15) is 0 Å². The molecule has 0 fully saturated rings. The molecule has 0 saturated carbocycles. The summed E-state index contributed by atoms with van der Waals surface area (Å²) in [6.45, 7) is -0.530. The number of ether oxygens (including phenoxy) is 2. The fourth-order valence-corrected chi connectivity index (χ4v) is 4.42. The molecule has 6 nitrogen and oxygen atoms in total. The van der Waals surface area contributed by atoms with Crippen molar-refractivity contribution in [2.45, 2.75) is 0 Å². The average Bonchev–Trinajstić information content (AvgIpc) is 2.88. The van der Waals surface area contributed by atoms with E-state index in [1.807, 2.05) is 24.3 Å². The van der Waals surface area contributed by atoms with Crippen LogP contribution in [0.3, 0.4) is 0 Å². The van der Waals surface area contributed by atoms with Gasteiger partial charge in [-0.15, -0.1) is 0 Å². The minimum Gasteiger partial charge on any atom is -0.482 e. The Morgan fingerprint density at radius 2 is 0.974 bits per heavy atom. The zero-order valence-corrected chi connectivity index (χ0v) is 22.7. The van der Waals surface area contributed by atoms with Crippen molar-refractivity contribution in [3.63, 3.8) is 0 Å². The number of amides is 2. The molecule has 2 N–H and O–H groups in total. The van der Waals surface area contributed by atoms with Crippen LogP contribution in [-0.2, 0) is 9.59 Å². The van der Waals surface area contributed by atoms with Crippen LogP contribution >= 0.6 is 46.4 Å². The highest BCUT2D eigenvalue weighted by Gasteiger charge is 2.15. The molecule has 4 rings (SSSR count). The largest absolute Gasteiger partial charge is 0.482 e. The van der Waals surface area contributed by atoms with E-state index in [2.05, 4.69) is 10.6 Å². The Hall–Kier alpha value is -3.42. The summed E-state index contributed by atoms with van der Waals surface area (Å²) in [4.78, 5) is 25.3. The molecule has 0 saturated heterocycles. The summed E-state index contributed by atoms with van der Waals surface area (Å²) in [5.74, 6) is -0.0965. The first kappa shape index (κ1) is 27.6. The smallest absolute Gasteiger partial charge is 0.262 e. The van der Waals surface area contributed by atoms with Crippen LogP contribution in [0.1, 0.15) is 0 Å². The van der Waals surface area contributed by atoms with E-state index in [1.54, 1.807) is 48.5 Å². The SMILES string of the molecule is O=C(COc1ccc(Cl)cc1Cl)Nc1ccccc1-c1ccccc1NC(=O)COc1ccc(Cl)cc1Cl. The van der Waals surface area contributed by atoms with Gasteiger partial charge in [-0.1, -0.05) is 82.8 Å². The first-order chi connectivity index (χ1) is 18.3. The number of nitrogens with one attached hydrogen (secondary N) is 2. The number of hydrogen-bond donors (Lipinski definition) is 2. The lowest BCUT2D eigenvalue weighted by Gasteiger charge is -2.16. The molecule has 0 unspecified atom stereocenters. The van der Waals surface area contributed by atoms with Crippen molar-refractivity contribution in [2.24, 2.45) is 0 Å². The third-order valence-electron chi connectivity index (χ3n) is 5.20. The number of para-hydroxylation sites is 2. The van der Waals surface area contributed by atoms with E-state index in [0.29, 0.717) is 54.1 Å². The number of hydrogen-bond acceptors (Lipinski definition) is 4. The maximum absolute atomic E-state index is 12.7. The van der Waals surface area contributed by atoms with Crippen molar-refractivity contribution in [3.05, 3.63) is 105 Å². The van der Waals surface area contributed by atoms with Gasteiger partial charge in [0.05, 0.1) is 10.0 Å². The van der Waals surface area contributed by atoms with Crippen LogP contribution < -0.4 is 20.1 Å². The molecule has 4 aromatic rings. The Kier molecular flexibility index (Phi) is 9.37. The normalized spacial score (nSPS) is 10.5. The fraction of sp³-hybridized carbons (Fsp3) is 0.0714.